The lowest BCUT2D eigenvalue weighted by Crippen LogP contribution is -2.51. The molecule has 4 heteroatoms. The molecule has 0 fully saturated rings. The van der Waals surface area contributed by atoms with E-state index in [1.807, 2.05) is 32.9 Å². The van der Waals surface area contributed by atoms with Crippen LogP contribution >= 0.6 is 0 Å². The van der Waals surface area contributed by atoms with Crippen LogP contribution in [-0.4, -0.2) is 23.5 Å². The van der Waals surface area contributed by atoms with Gasteiger partial charge < -0.3 is 10.6 Å². The Balaban J connectivity index is 2.66. The van der Waals surface area contributed by atoms with Crippen LogP contribution in [0.25, 0.3) is 0 Å². The van der Waals surface area contributed by atoms with Gasteiger partial charge in [-0.3, -0.25) is 9.78 Å². The fraction of sp³-hybridized carbons (Fsp3) is 0.500. The van der Waals surface area contributed by atoms with Crippen molar-refractivity contribution in [3.63, 3.8) is 0 Å². The number of pyridine rings is 1. The summed E-state index contributed by atoms with van der Waals surface area (Å²) in [7, 11) is 1.77. The number of likely N-dealkylation sites (N-methyl/N-ethyl adjacent to an activating group) is 1. The molecular formula is C12H19N3O. The Bertz CT molecular complexity index is 349. The fourth-order valence-corrected chi connectivity index (χ4v) is 1.21. The maximum Gasteiger partial charge on any atom is 0.240 e. The number of nitrogens with zero attached hydrogens (tertiary/aromatic N) is 1. The molecule has 0 aliphatic carbocycles. The summed E-state index contributed by atoms with van der Waals surface area (Å²) < 4.78 is 0. The van der Waals surface area contributed by atoms with Crippen LogP contribution in [-0.2, 0) is 4.79 Å². The molecule has 0 aliphatic heterocycles. The highest BCUT2D eigenvalue weighted by molar-refractivity contribution is 5.85. The van der Waals surface area contributed by atoms with Crippen molar-refractivity contribution in [1.29, 1.82) is 0 Å². The molecule has 0 saturated heterocycles. The summed E-state index contributed by atoms with van der Waals surface area (Å²) >= 11 is 0. The Kier molecular flexibility index (Phi) is 4.01. The lowest BCUT2D eigenvalue weighted by Gasteiger charge is -2.25. The Morgan fingerprint density at radius 2 is 2.19 bits per heavy atom. The molecule has 1 aromatic heterocycles. The van der Waals surface area contributed by atoms with Gasteiger partial charge in [-0.2, -0.15) is 0 Å². The van der Waals surface area contributed by atoms with Crippen molar-refractivity contribution in [1.82, 2.24) is 15.6 Å². The predicted octanol–water partition coefficient (Wildman–Crippen LogP) is 1.26. The highest BCUT2D eigenvalue weighted by Gasteiger charge is 2.26. The molecule has 0 spiro atoms. The van der Waals surface area contributed by atoms with E-state index < -0.39 is 5.54 Å². The second-order valence-electron chi connectivity index (χ2n) is 4.36. The molecular weight excluding hydrogens is 202 g/mol. The number of aromatic nitrogens is 1. The van der Waals surface area contributed by atoms with Crippen LogP contribution in [0.4, 0.5) is 0 Å². The van der Waals surface area contributed by atoms with Crippen molar-refractivity contribution in [2.45, 2.75) is 32.4 Å². The van der Waals surface area contributed by atoms with Gasteiger partial charge in [0.2, 0.25) is 5.91 Å². The van der Waals surface area contributed by atoms with E-state index in [2.05, 4.69) is 15.6 Å². The Hall–Kier alpha value is -1.42. The van der Waals surface area contributed by atoms with E-state index in [0.717, 1.165) is 5.56 Å². The van der Waals surface area contributed by atoms with Crippen molar-refractivity contribution in [3.8, 4) is 0 Å². The molecule has 0 aliphatic rings. The number of rotatable bonds is 4. The van der Waals surface area contributed by atoms with Crippen molar-refractivity contribution in [3.05, 3.63) is 30.1 Å². The molecule has 1 aromatic rings. The molecule has 0 saturated carbocycles. The van der Waals surface area contributed by atoms with E-state index in [9.17, 15) is 4.79 Å². The molecule has 4 nitrogen and oxygen atoms in total. The van der Waals surface area contributed by atoms with Crippen LogP contribution in [0.15, 0.2) is 24.5 Å². The molecule has 1 amide bonds. The molecule has 0 unspecified atom stereocenters. The maximum absolute atomic E-state index is 11.9. The van der Waals surface area contributed by atoms with Gasteiger partial charge in [-0.05, 0) is 39.4 Å². The van der Waals surface area contributed by atoms with E-state index >= 15 is 0 Å². The van der Waals surface area contributed by atoms with Crippen LogP contribution in [0.3, 0.4) is 0 Å². The summed E-state index contributed by atoms with van der Waals surface area (Å²) in [6, 6.07) is 3.78. The van der Waals surface area contributed by atoms with Crippen molar-refractivity contribution >= 4 is 5.91 Å². The number of hydrogen-bond acceptors (Lipinski definition) is 3. The third kappa shape index (κ3) is 3.03. The number of amides is 1. The average molecular weight is 221 g/mol. The molecule has 0 bridgehead atoms. The number of carbonyl (C=O) groups excluding carboxylic acids is 1. The van der Waals surface area contributed by atoms with Crippen LogP contribution in [0.1, 0.15) is 32.4 Å². The summed E-state index contributed by atoms with van der Waals surface area (Å²) in [5.74, 6) is -0.0219. The number of hydrogen-bond donors (Lipinski definition) is 2. The lowest BCUT2D eigenvalue weighted by atomic mass is 10.0. The third-order valence-corrected chi connectivity index (χ3v) is 2.72. The van der Waals surface area contributed by atoms with Gasteiger partial charge in [0.1, 0.15) is 0 Å². The SMILES string of the molecule is CNC(C)(C)C(=O)N[C@H](C)c1cccnc1. The minimum Gasteiger partial charge on any atom is -0.348 e. The van der Waals surface area contributed by atoms with Crippen molar-refractivity contribution in [2.75, 3.05) is 7.05 Å². The zero-order chi connectivity index (χ0) is 12.2. The standard InChI is InChI=1S/C12H19N3O/c1-9(10-6-5-7-14-8-10)15-11(16)12(2,3)13-4/h5-9,13H,1-4H3,(H,15,16)/t9-/m1/s1. The molecule has 1 rings (SSSR count). The first-order valence-electron chi connectivity index (χ1n) is 5.37. The van der Waals surface area contributed by atoms with Gasteiger partial charge in [0.15, 0.2) is 0 Å². The maximum atomic E-state index is 11.9. The van der Waals surface area contributed by atoms with Crippen molar-refractivity contribution in [2.24, 2.45) is 0 Å². The van der Waals surface area contributed by atoms with Crippen LogP contribution < -0.4 is 10.6 Å². The first-order valence-corrected chi connectivity index (χ1v) is 5.37. The van der Waals surface area contributed by atoms with Crippen LogP contribution in [0.5, 0.6) is 0 Å². The Labute approximate surface area is 96.5 Å². The van der Waals surface area contributed by atoms with Gasteiger partial charge >= 0.3 is 0 Å². The zero-order valence-corrected chi connectivity index (χ0v) is 10.2. The number of carbonyl (C=O) groups is 1. The van der Waals surface area contributed by atoms with Crippen molar-refractivity contribution < 1.29 is 4.79 Å². The summed E-state index contributed by atoms with van der Waals surface area (Å²) in [6.45, 7) is 5.64. The second-order valence-corrected chi connectivity index (χ2v) is 4.36. The lowest BCUT2D eigenvalue weighted by molar-refractivity contribution is -0.126. The highest BCUT2D eigenvalue weighted by atomic mass is 16.2. The Morgan fingerprint density at radius 1 is 1.50 bits per heavy atom. The van der Waals surface area contributed by atoms with Crippen LogP contribution in [0.2, 0.25) is 0 Å². The zero-order valence-electron chi connectivity index (χ0n) is 10.2. The van der Waals surface area contributed by atoms with E-state index in [1.54, 1.807) is 19.4 Å². The molecule has 0 aromatic carbocycles. The molecule has 16 heavy (non-hydrogen) atoms. The van der Waals surface area contributed by atoms with E-state index in [1.165, 1.54) is 0 Å². The van der Waals surface area contributed by atoms with Gasteiger partial charge in [0.25, 0.3) is 0 Å². The molecule has 88 valence electrons. The number of nitrogens with one attached hydrogen (secondary N) is 2. The summed E-state index contributed by atoms with van der Waals surface area (Å²) in [5.41, 5.74) is 0.443. The molecule has 0 radical (unpaired) electrons. The highest BCUT2D eigenvalue weighted by Crippen LogP contribution is 2.11. The fourth-order valence-electron chi connectivity index (χ4n) is 1.21. The van der Waals surface area contributed by atoms with Gasteiger partial charge in [-0.15, -0.1) is 0 Å². The molecule has 1 atom stereocenters. The van der Waals surface area contributed by atoms with E-state index in [-0.39, 0.29) is 11.9 Å². The normalized spacial score (nSPS) is 13.2. The summed E-state index contributed by atoms with van der Waals surface area (Å²) in [4.78, 5) is 15.9. The predicted molar refractivity (Wildman–Crippen MR) is 63.9 cm³/mol. The minimum absolute atomic E-state index is 0.0219. The molecule has 2 N–H and O–H groups in total. The smallest absolute Gasteiger partial charge is 0.240 e. The summed E-state index contributed by atoms with van der Waals surface area (Å²) in [6.07, 6.45) is 3.48. The topological polar surface area (TPSA) is 54.0 Å². The monoisotopic (exact) mass is 221 g/mol. The van der Waals surface area contributed by atoms with Gasteiger partial charge in [0, 0.05) is 12.4 Å². The van der Waals surface area contributed by atoms with E-state index in [4.69, 9.17) is 0 Å². The molecule has 1 heterocycles. The first kappa shape index (κ1) is 12.6. The van der Waals surface area contributed by atoms with Gasteiger partial charge in [-0.25, -0.2) is 0 Å². The van der Waals surface area contributed by atoms with Gasteiger partial charge in [-0.1, -0.05) is 6.07 Å². The van der Waals surface area contributed by atoms with E-state index in [0.29, 0.717) is 0 Å². The minimum atomic E-state index is -0.559. The summed E-state index contributed by atoms with van der Waals surface area (Å²) in [5, 5.41) is 5.92. The second kappa shape index (κ2) is 5.07. The largest absolute Gasteiger partial charge is 0.348 e. The third-order valence-electron chi connectivity index (χ3n) is 2.72. The average Bonchev–Trinajstić information content (AvgIpc) is 2.30. The van der Waals surface area contributed by atoms with Crippen LogP contribution in [0, 0.1) is 0 Å². The Morgan fingerprint density at radius 3 is 2.69 bits per heavy atom. The first-order chi connectivity index (χ1) is 7.47. The van der Waals surface area contributed by atoms with Gasteiger partial charge in [0.05, 0.1) is 11.6 Å². The quantitative estimate of drug-likeness (QED) is 0.804.